The Balaban J connectivity index is 2.18. The molecule has 0 heterocycles. The topological polar surface area (TPSA) is 61.4 Å². The maximum absolute atomic E-state index is 13.3. The lowest BCUT2D eigenvalue weighted by atomic mass is 10.2. The van der Waals surface area contributed by atoms with Crippen molar-refractivity contribution in [2.24, 2.45) is 0 Å². The van der Waals surface area contributed by atoms with Crippen molar-refractivity contribution in [3.05, 3.63) is 53.6 Å². The number of benzene rings is 2. The van der Waals surface area contributed by atoms with E-state index in [4.69, 9.17) is 5.11 Å². The first-order valence-electron chi connectivity index (χ1n) is 5.58. The number of phenolic OH excluding ortho intramolecular Hbond substituents is 1. The summed E-state index contributed by atoms with van der Waals surface area (Å²) in [7, 11) is 0. The minimum absolute atomic E-state index is 0.0354. The van der Waals surface area contributed by atoms with Crippen molar-refractivity contribution in [2.75, 3.05) is 10.6 Å². The smallest absolute Gasteiger partial charge is 0.323 e. The first-order chi connectivity index (χ1) is 9.88. The number of urea groups is 1. The molecule has 0 saturated heterocycles. The average Bonchev–Trinajstić information content (AvgIpc) is 2.44. The average molecular weight is 300 g/mol. The molecule has 0 aliphatic carbocycles. The van der Waals surface area contributed by atoms with E-state index in [0.717, 1.165) is 0 Å². The van der Waals surface area contributed by atoms with Crippen LogP contribution in [0.2, 0.25) is 0 Å². The Hall–Kier alpha value is -2.77. The van der Waals surface area contributed by atoms with Gasteiger partial charge in [0, 0.05) is 11.8 Å². The van der Waals surface area contributed by atoms with Gasteiger partial charge in [-0.3, -0.25) is 0 Å². The number of carbonyl (C=O) groups excluding carboxylic acids is 1. The summed E-state index contributed by atoms with van der Waals surface area (Å²) in [5, 5.41) is 12.9. The predicted octanol–water partition coefficient (Wildman–Crippen LogP) is 3.59. The first-order valence-corrected chi connectivity index (χ1v) is 5.58. The van der Waals surface area contributed by atoms with E-state index >= 15 is 0 Å². The maximum Gasteiger partial charge on any atom is 0.323 e. The summed E-state index contributed by atoms with van der Waals surface area (Å²) in [4.78, 5) is 11.5. The fourth-order valence-corrected chi connectivity index (χ4v) is 1.50. The Kier molecular flexibility index (Phi) is 3.97. The van der Waals surface area contributed by atoms with Gasteiger partial charge in [0.1, 0.15) is 11.4 Å². The maximum atomic E-state index is 13.3. The van der Waals surface area contributed by atoms with E-state index in [0.29, 0.717) is 0 Å². The van der Waals surface area contributed by atoms with Gasteiger partial charge in [0.25, 0.3) is 0 Å². The van der Waals surface area contributed by atoms with Crippen LogP contribution in [0, 0.1) is 23.3 Å². The molecule has 0 aromatic heterocycles. The lowest BCUT2D eigenvalue weighted by molar-refractivity contribution is 0.262. The molecule has 0 spiro atoms. The molecule has 2 rings (SSSR count). The molecule has 4 nitrogen and oxygen atoms in total. The first kappa shape index (κ1) is 14.6. The molecule has 0 radical (unpaired) electrons. The second kappa shape index (κ2) is 5.70. The highest BCUT2D eigenvalue weighted by Gasteiger charge is 2.20. The van der Waals surface area contributed by atoms with Gasteiger partial charge < -0.3 is 15.7 Å². The summed E-state index contributed by atoms with van der Waals surface area (Å²) in [6.45, 7) is 0. The second-order valence-corrected chi connectivity index (χ2v) is 3.97. The number of amides is 2. The highest BCUT2D eigenvalue weighted by atomic mass is 19.2. The van der Waals surface area contributed by atoms with E-state index in [9.17, 15) is 22.4 Å². The molecule has 0 bridgehead atoms. The summed E-state index contributed by atoms with van der Waals surface area (Å²) >= 11 is 0. The van der Waals surface area contributed by atoms with Gasteiger partial charge in [-0.15, -0.1) is 0 Å². The van der Waals surface area contributed by atoms with Gasteiger partial charge in [0.05, 0.1) is 0 Å². The van der Waals surface area contributed by atoms with Crippen LogP contribution >= 0.6 is 0 Å². The Morgan fingerprint density at radius 3 is 1.95 bits per heavy atom. The molecular formula is C13H8F4N2O2. The Morgan fingerprint density at radius 1 is 0.905 bits per heavy atom. The molecule has 0 unspecified atom stereocenters. The van der Waals surface area contributed by atoms with Crippen LogP contribution in [-0.4, -0.2) is 11.1 Å². The molecule has 0 aliphatic heterocycles. The van der Waals surface area contributed by atoms with Crippen molar-refractivity contribution in [3.8, 4) is 5.75 Å². The van der Waals surface area contributed by atoms with Gasteiger partial charge in [-0.05, 0) is 24.3 Å². The molecule has 0 aliphatic rings. The summed E-state index contributed by atoms with van der Waals surface area (Å²) in [5.41, 5.74) is -1.04. The van der Waals surface area contributed by atoms with E-state index in [1.807, 2.05) is 0 Å². The molecule has 2 amide bonds. The Bertz CT molecular complexity index is 663. The fourth-order valence-electron chi connectivity index (χ4n) is 1.50. The van der Waals surface area contributed by atoms with E-state index in [-0.39, 0.29) is 17.5 Å². The highest BCUT2D eigenvalue weighted by molar-refractivity contribution is 5.99. The number of rotatable bonds is 2. The lowest BCUT2D eigenvalue weighted by Gasteiger charge is -2.10. The zero-order chi connectivity index (χ0) is 15.6. The molecule has 110 valence electrons. The van der Waals surface area contributed by atoms with E-state index < -0.39 is 35.0 Å². The molecule has 2 aromatic carbocycles. The third-order valence-electron chi connectivity index (χ3n) is 2.48. The number of hydrogen-bond donors (Lipinski definition) is 3. The number of aromatic hydroxyl groups is 1. The number of carbonyl (C=O) groups is 1. The zero-order valence-electron chi connectivity index (χ0n) is 10.3. The van der Waals surface area contributed by atoms with Crippen molar-refractivity contribution in [2.45, 2.75) is 0 Å². The monoisotopic (exact) mass is 300 g/mol. The number of anilines is 2. The SMILES string of the molecule is O=C(Nc1ccc(O)cc1)Nc1c(F)c(F)cc(F)c1F. The number of nitrogens with one attached hydrogen (secondary N) is 2. The normalized spacial score (nSPS) is 10.3. The van der Waals surface area contributed by atoms with E-state index in [1.54, 1.807) is 5.32 Å². The molecular weight excluding hydrogens is 292 g/mol. The highest BCUT2D eigenvalue weighted by Crippen LogP contribution is 2.24. The van der Waals surface area contributed by atoms with Crippen LogP contribution in [0.15, 0.2) is 30.3 Å². The molecule has 0 atom stereocenters. The van der Waals surface area contributed by atoms with Crippen LogP contribution in [0.5, 0.6) is 5.75 Å². The molecule has 21 heavy (non-hydrogen) atoms. The van der Waals surface area contributed by atoms with Crippen molar-refractivity contribution >= 4 is 17.4 Å². The van der Waals surface area contributed by atoms with Crippen molar-refractivity contribution < 1.29 is 27.5 Å². The molecule has 0 saturated carbocycles. The largest absolute Gasteiger partial charge is 0.508 e. The predicted molar refractivity (Wildman–Crippen MR) is 67.0 cm³/mol. The Labute approximate surface area is 116 Å². The minimum atomic E-state index is -1.71. The van der Waals surface area contributed by atoms with Crippen LogP contribution in [0.1, 0.15) is 0 Å². The zero-order valence-corrected chi connectivity index (χ0v) is 10.3. The van der Waals surface area contributed by atoms with Gasteiger partial charge in [-0.1, -0.05) is 0 Å². The number of halogens is 4. The van der Waals surface area contributed by atoms with Gasteiger partial charge in [0.15, 0.2) is 23.3 Å². The minimum Gasteiger partial charge on any atom is -0.508 e. The van der Waals surface area contributed by atoms with Crippen LogP contribution in [-0.2, 0) is 0 Å². The van der Waals surface area contributed by atoms with Gasteiger partial charge in [-0.2, -0.15) is 0 Å². The van der Waals surface area contributed by atoms with E-state index in [1.165, 1.54) is 24.3 Å². The van der Waals surface area contributed by atoms with Gasteiger partial charge >= 0.3 is 6.03 Å². The standard InChI is InChI=1S/C13H8F4N2O2/c14-8-5-9(15)11(17)12(10(8)16)19-13(21)18-6-1-3-7(20)4-2-6/h1-5,20H,(H2,18,19,21). The molecule has 8 heteroatoms. The van der Waals surface area contributed by atoms with Crippen LogP contribution in [0.25, 0.3) is 0 Å². The number of hydrogen-bond acceptors (Lipinski definition) is 2. The molecule has 0 fully saturated rings. The van der Waals surface area contributed by atoms with Crippen LogP contribution < -0.4 is 10.6 Å². The summed E-state index contributed by atoms with van der Waals surface area (Å²) in [5.74, 6) is -6.74. The van der Waals surface area contributed by atoms with Crippen molar-refractivity contribution in [1.29, 1.82) is 0 Å². The third kappa shape index (κ3) is 3.22. The van der Waals surface area contributed by atoms with E-state index in [2.05, 4.69) is 5.32 Å². The van der Waals surface area contributed by atoms with Crippen LogP contribution in [0.3, 0.4) is 0 Å². The van der Waals surface area contributed by atoms with Crippen LogP contribution in [0.4, 0.5) is 33.7 Å². The van der Waals surface area contributed by atoms with Gasteiger partial charge in [-0.25, -0.2) is 22.4 Å². The summed E-state index contributed by atoms with van der Waals surface area (Å²) in [6, 6.07) is 4.08. The third-order valence-corrected chi connectivity index (χ3v) is 2.48. The fraction of sp³-hybridized carbons (Fsp3) is 0. The summed E-state index contributed by atoms with van der Waals surface area (Å²) in [6.07, 6.45) is 0. The Morgan fingerprint density at radius 2 is 1.43 bits per heavy atom. The van der Waals surface area contributed by atoms with Crippen molar-refractivity contribution in [1.82, 2.24) is 0 Å². The quantitative estimate of drug-likeness (QED) is 0.451. The van der Waals surface area contributed by atoms with Gasteiger partial charge in [0.2, 0.25) is 0 Å². The second-order valence-electron chi connectivity index (χ2n) is 3.97. The molecule has 2 aromatic rings. The lowest BCUT2D eigenvalue weighted by Crippen LogP contribution is -2.21. The number of phenols is 1. The summed E-state index contributed by atoms with van der Waals surface area (Å²) < 4.78 is 52.6. The van der Waals surface area contributed by atoms with Crippen molar-refractivity contribution in [3.63, 3.8) is 0 Å². The molecule has 3 N–H and O–H groups in total.